The smallest absolute Gasteiger partial charge is 0.316 e. The first-order chi connectivity index (χ1) is 15.1. The fourth-order valence-corrected chi connectivity index (χ4v) is 6.14. The van der Waals surface area contributed by atoms with Crippen LogP contribution >= 0.6 is 0 Å². The van der Waals surface area contributed by atoms with Crippen LogP contribution in [0.4, 0.5) is 0 Å². The molecule has 0 spiro atoms. The molecule has 2 atom stereocenters. The van der Waals surface area contributed by atoms with E-state index in [1.54, 1.807) is 14.2 Å². The van der Waals surface area contributed by atoms with E-state index in [1.165, 1.54) is 38.4 Å². The number of methoxy groups -OCH3 is 3. The lowest BCUT2D eigenvalue weighted by Crippen LogP contribution is -2.41. The molecule has 1 fully saturated rings. The summed E-state index contributed by atoms with van der Waals surface area (Å²) in [5, 5.41) is 0. The highest BCUT2D eigenvalue weighted by Crippen LogP contribution is 2.69. The van der Waals surface area contributed by atoms with Crippen molar-refractivity contribution in [2.24, 2.45) is 16.7 Å². The highest BCUT2D eigenvalue weighted by molar-refractivity contribution is 5.99. The van der Waals surface area contributed by atoms with E-state index in [0.29, 0.717) is 5.92 Å². The van der Waals surface area contributed by atoms with Crippen LogP contribution in [-0.2, 0) is 14.9 Å². The fraction of sp³-hybridized carbons (Fsp3) is 0.679. The molecule has 4 heteroatoms. The number of hydrogen-bond acceptors (Lipinski definition) is 4. The van der Waals surface area contributed by atoms with E-state index in [2.05, 4.69) is 52.8 Å². The van der Waals surface area contributed by atoms with Crippen LogP contribution < -0.4 is 9.47 Å². The molecule has 0 N–H and O–H groups in total. The lowest BCUT2D eigenvalue weighted by Gasteiger charge is -2.39. The zero-order chi connectivity index (χ0) is 23.7. The molecule has 32 heavy (non-hydrogen) atoms. The fourth-order valence-electron chi connectivity index (χ4n) is 6.14. The van der Waals surface area contributed by atoms with Gasteiger partial charge in [-0.15, -0.1) is 0 Å². The third-order valence-electron chi connectivity index (χ3n) is 8.43. The molecule has 0 heterocycles. The van der Waals surface area contributed by atoms with Crippen molar-refractivity contribution in [3.05, 3.63) is 29.3 Å². The Morgan fingerprint density at radius 1 is 1.06 bits per heavy atom. The van der Waals surface area contributed by atoms with Crippen molar-refractivity contribution < 1.29 is 19.0 Å². The van der Waals surface area contributed by atoms with Gasteiger partial charge in [0.2, 0.25) is 0 Å². The summed E-state index contributed by atoms with van der Waals surface area (Å²) in [5.74, 6) is 1.73. The zero-order valence-corrected chi connectivity index (χ0v) is 21.4. The average molecular weight is 443 g/mol. The van der Waals surface area contributed by atoms with Gasteiger partial charge in [-0.3, -0.25) is 4.79 Å². The maximum absolute atomic E-state index is 13.2. The minimum Gasteiger partial charge on any atom is -0.496 e. The Kier molecular flexibility index (Phi) is 7.02. The quantitative estimate of drug-likeness (QED) is 0.291. The van der Waals surface area contributed by atoms with Gasteiger partial charge < -0.3 is 14.2 Å². The topological polar surface area (TPSA) is 44.8 Å². The minimum atomic E-state index is -0.676. The molecule has 1 aromatic rings. The van der Waals surface area contributed by atoms with Gasteiger partial charge in [-0.25, -0.2) is 0 Å². The maximum atomic E-state index is 13.2. The maximum Gasteiger partial charge on any atom is 0.316 e. The SMILES string of the molecule is CCCCCCC(C)(C)c1cc(OC)c(C2=C[C@@H]3CC[C@@]2(C(=O)OC)C3(C)C)c(OC)c1. The largest absolute Gasteiger partial charge is 0.496 e. The van der Waals surface area contributed by atoms with E-state index in [-0.39, 0.29) is 16.8 Å². The summed E-state index contributed by atoms with van der Waals surface area (Å²) in [5.41, 5.74) is 2.25. The second-order valence-corrected chi connectivity index (χ2v) is 10.8. The van der Waals surface area contributed by atoms with Crippen molar-refractivity contribution in [2.75, 3.05) is 21.3 Å². The predicted octanol–water partition coefficient (Wildman–Crippen LogP) is 6.94. The van der Waals surface area contributed by atoms with Crippen molar-refractivity contribution in [1.29, 1.82) is 0 Å². The van der Waals surface area contributed by atoms with Gasteiger partial charge in [0.05, 0.1) is 32.3 Å². The first-order valence-electron chi connectivity index (χ1n) is 12.2. The van der Waals surface area contributed by atoms with Crippen LogP contribution in [0.5, 0.6) is 11.5 Å². The molecule has 0 saturated heterocycles. The number of esters is 1. The molecule has 4 nitrogen and oxygen atoms in total. The Morgan fingerprint density at radius 3 is 2.19 bits per heavy atom. The van der Waals surface area contributed by atoms with Gasteiger partial charge in [-0.2, -0.15) is 0 Å². The van der Waals surface area contributed by atoms with Crippen LogP contribution in [-0.4, -0.2) is 27.3 Å². The molecule has 2 bridgehead atoms. The molecular weight excluding hydrogens is 400 g/mol. The highest BCUT2D eigenvalue weighted by atomic mass is 16.5. The summed E-state index contributed by atoms with van der Waals surface area (Å²) < 4.78 is 17.3. The number of rotatable bonds is 10. The van der Waals surface area contributed by atoms with Gasteiger partial charge in [0, 0.05) is 0 Å². The molecule has 2 aliphatic carbocycles. The van der Waals surface area contributed by atoms with Crippen LogP contribution in [0, 0.1) is 16.7 Å². The van der Waals surface area contributed by atoms with Gasteiger partial charge in [-0.05, 0) is 59.3 Å². The van der Waals surface area contributed by atoms with E-state index >= 15 is 0 Å². The van der Waals surface area contributed by atoms with Crippen LogP contribution in [0.2, 0.25) is 0 Å². The Hall–Kier alpha value is -1.97. The molecule has 0 unspecified atom stereocenters. The Balaban J connectivity index is 2.09. The van der Waals surface area contributed by atoms with E-state index in [9.17, 15) is 4.79 Å². The Morgan fingerprint density at radius 2 is 1.69 bits per heavy atom. The lowest BCUT2D eigenvalue weighted by molar-refractivity contribution is -0.153. The molecule has 3 rings (SSSR count). The van der Waals surface area contributed by atoms with Crippen LogP contribution in [0.3, 0.4) is 0 Å². The first-order valence-corrected chi connectivity index (χ1v) is 12.2. The normalized spacial score (nSPS) is 23.8. The summed E-state index contributed by atoms with van der Waals surface area (Å²) >= 11 is 0. The van der Waals surface area contributed by atoms with Crippen molar-refractivity contribution in [3.8, 4) is 11.5 Å². The molecule has 0 aromatic heterocycles. The van der Waals surface area contributed by atoms with Crippen LogP contribution in [0.15, 0.2) is 18.2 Å². The van der Waals surface area contributed by atoms with E-state index in [4.69, 9.17) is 14.2 Å². The number of fused-ring (bicyclic) bond motifs is 2. The summed E-state index contributed by atoms with van der Waals surface area (Å²) in [6.45, 7) is 11.2. The van der Waals surface area contributed by atoms with Gasteiger partial charge in [0.25, 0.3) is 0 Å². The van der Waals surface area contributed by atoms with Gasteiger partial charge >= 0.3 is 5.97 Å². The molecule has 1 aromatic carbocycles. The minimum absolute atomic E-state index is 0.00913. The second kappa shape index (κ2) is 9.11. The number of benzene rings is 1. The molecule has 2 aliphatic rings. The van der Waals surface area contributed by atoms with Crippen molar-refractivity contribution in [1.82, 2.24) is 0 Å². The first kappa shape index (κ1) is 24.7. The van der Waals surface area contributed by atoms with E-state index in [1.807, 2.05) is 0 Å². The monoisotopic (exact) mass is 442 g/mol. The number of ether oxygens (including phenoxy) is 3. The standard InChI is InChI=1S/C28H42O4/c1-9-10-11-12-14-26(2,3)20-17-22(30-6)24(23(18-20)31-7)21-16-19-13-15-28(21,25(29)32-8)27(19,4)5/h16-19H,9-15H2,1-8H3/t19-,28+/m0/s1. The Labute approximate surface area is 194 Å². The number of allylic oxidation sites excluding steroid dienone is 1. The molecular formula is C28H42O4. The highest BCUT2D eigenvalue weighted by Gasteiger charge is 2.65. The number of carbonyl (C=O) groups excluding carboxylic acids is 1. The van der Waals surface area contributed by atoms with Crippen molar-refractivity contribution in [2.45, 2.75) is 85.0 Å². The van der Waals surface area contributed by atoms with Crippen LogP contribution in [0.1, 0.15) is 90.7 Å². The van der Waals surface area contributed by atoms with E-state index in [0.717, 1.165) is 41.9 Å². The third kappa shape index (κ3) is 3.74. The summed E-state index contributed by atoms with van der Waals surface area (Å²) in [6, 6.07) is 4.31. The molecule has 0 amide bonds. The third-order valence-corrected chi connectivity index (χ3v) is 8.43. The Bertz CT molecular complexity index is 854. The number of hydrogen-bond donors (Lipinski definition) is 0. The average Bonchev–Trinajstić information content (AvgIpc) is 3.17. The molecule has 1 saturated carbocycles. The predicted molar refractivity (Wildman–Crippen MR) is 130 cm³/mol. The zero-order valence-electron chi connectivity index (χ0n) is 21.4. The van der Waals surface area contributed by atoms with Gasteiger partial charge in [0.15, 0.2) is 0 Å². The number of carbonyl (C=O) groups is 1. The summed E-state index contributed by atoms with van der Waals surface area (Å²) in [7, 11) is 4.91. The molecule has 0 aliphatic heterocycles. The number of unbranched alkanes of at least 4 members (excludes halogenated alkanes) is 3. The van der Waals surface area contributed by atoms with Gasteiger partial charge in [0.1, 0.15) is 11.5 Å². The second-order valence-electron chi connectivity index (χ2n) is 10.8. The summed E-state index contributed by atoms with van der Waals surface area (Å²) in [4.78, 5) is 13.2. The molecule has 178 valence electrons. The van der Waals surface area contributed by atoms with Crippen LogP contribution in [0.25, 0.3) is 5.57 Å². The molecule has 0 radical (unpaired) electrons. The lowest BCUT2D eigenvalue weighted by atomic mass is 9.64. The summed E-state index contributed by atoms with van der Waals surface area (Å²) in [6.07, 6.45) is 10.2. The van der Waals surface area contributed by atoms with Crippen molar-refractivity contribution >= 4 is 11.5 Å². The van der Waals surface area contributed by atoms with E-state index < -0.39 is 5.41 Å². The van der Waals surface area contributed by atoms with Crippen molar-refractivity contribution in [3.63, 3.8) is 0 Å². The van der Waals surface area contributed by atoms with Gasteiger partial charge in [-0.1, -0.05) is 66.4 Å².